The fourth-order valence-corrected chi connectivity index (χ4v) is 1.07. The molecule has 1 aliphatic rings. The van der Waals surface area contributed by atoms with Gasteiger partial charge in [0, 0.05) is 5.92 Å². The molecule has 1 aliphatic carbocycles. The topological polar surface area (TPSA) is 46.2 Å². The number of Topliss-reactive ketones (excluding diaryl/α,β-unsaturated/α-hetero) is 1. The van der Waals surface area contributed by atoms with E-state index >= 15 is 0 Å². The van der Waals surface area contributed by atoms with Crippen molar-refractivity contribution in [3.05, 3.63) is 0 Å². The summed E-state index contributed by atoms with van der Waals surface area (Å²) in [5, 5.41) is 2.78. The average molecular weight is 169 g/mol. The van der Waals surface area contributed by atoms with E-state index in [4.69, 9.17) is 0 Å². The third kappa shape index (κ3) is 1.65. The Hall–Kier alpha value is -0.860. The first-order valence-electron chi connectivity index (χ1n) is 4.31. The van der Waals surface area contributed by atoms with Gasteiger partial charge in [0.2, 0.25) is 5.91 Å². The fraction of sp³-hybridized carbons (Fsp3) is 0.778. The zero-order valence-corrected chi connectivity index (χ0v) is 7.81. The van der Waals surface area contributed by atoms with Gasteiger partial charge in [0.1, 0.15) is 0 Å². The lowest BCUT2D eigenvalue weighted by Crippen LogP contribution is -2.43. The Balaban J connectivity index is 2.51. The zero-order chi connectivity index (χ0) is 9.35. The van der Waals surface area contributed by atoms with Crippen LogP contribution in [0, 0.1) is 5.92 Å². The van der Waals surface area contributed by atoms with Crippen LogP contribution in [0.25, 0.3) is 0 Å². The molecule has 0 aromatic heterocycles. The second kappa shape index (κ2) is 2.88. The van der Waals surface area contributed by atoms with Gasteiger partial charge in [-0.1, -0.05) is 13.8 Å². The Bertz CT molecular complexity index is 217. The summed E-state index contributed by atoms with van der Waals surface area (Å²) in [7, 11) is 0. The molecule has 0 aromatic rings. The fourth-order valence-electron chi connectivity index (χ4n) is 1.07. The molecule has 0 atom stereocenters. The number of hydrogen-bond donors (Lipinski definition) is 1. The molecule has 1 N–H and O–H groups in total. The number of hydrogen-bond acceptors (Lipinski definition) is 2. The van der Waals surface area contributed by atoms with Crippen LogP contribution < -0.4 is 5.32 Å². The molecule has 0 radical (unpaired) electrons. The van der Waals surface area contributed by atoms with Gasteiger partial charge in [-0.05, 0) is 19.8 Å². The van der Waals surface area contributed by atoms with Gasteiger partial charge in [0.25, 0.3) is 0 Å². The van der Waals surface area contributed by atoms with E-state index in [2.05, 4.69) is 5.32 Å². The van der Waals surface area contributed by atoms with Crippen molar-refractivity contribution in [1.29, 1.82) is 0 Å². The van der Waals surface area contributed by atoms with Crippen molar-refractivity contribution >= 4 is 11.7 Å². The SMILES string of the molecule is CC(=O)C1(NC(=O)C(C)C)CC1. The maximum atomic E-state index is 11.2. The van der Waals surface area contributed by atoms with Crippen LogP contribution in [-0.4, -0.2) is 17.2 Å². The standard InChI is InChI=1S/C9H15NO2/c1-6(2)8(12)10-9(4-5-9)7(3)11/h6H,4-5H2,1-3H3,(H,10,12). The molecule has 0 aromatic carbocycles. The zero-order valence-electron chi connectivity index (χ0n) is 7.81. The summed E-state index contributed by atoms with van der Waals surface area (Å²) < 4.78 is 0. The molecule has 3 heteroatoms. The average Bonchev–Trinajstić information content (AvgIpc) is 2.68. The van der Waals surface area contributed by atoms with Crippen LogP contribution >= 0.6 is 0 Å². The molecule has 1 amide bonds. The summed E-state index contributed by atoms with van der Waals surface area (Å²) in [6.45, 7) is 5.19. The van der Waals surface area contributed by atoms with Crippen molar-refractivity contribution in [2.24, 2.45) is 5.92 Å². The molecule has 12 heavy (non-hydrogen) atoms. The highest BCUT2D eigenvalue weighted by Gasteiger charge is 2.48. The van der Waals surface area contributed by atoms with E-state index < -0.39 is 5.54 Å². The normalized spacial score (nSPS) is 19.0. The number of amides is 1. The molecule has 68 valence electrons. The van der Waals surface area contributed by atoms with Gasteiger partial charge >= 0.3 is 0 Å². The molecule has 0 saturated heterocycles. The third-order valence-corrected chi connectivity index (χ3v) is 2.31. The van der Waals surface area contributed by atoms with E-state index in [-0.39, 0.29) is 17.6 Å². The van der Waals surface area contributed by atoms with Gasteiger partial charge in [-0.25, -0.2) is 0 Å². The number of carbonyl (C=O) groups is 2. The number of ketones is 1. The Morgan fingerprint density at radius 2 is 1.83 bits per heavy atom. The van der Waals surface area contributed by atoms with E-state index in [0.717, 1.165) is 12.8 Å². The van der Waals surface area contributed by atoms with Gasteiger partial charge < -0.3 is 5.32 Å². The minimum Gasteiger partial charge on any atom is -0.343 e. The smallest absolute Gasteiger partial charge is 0.223 e. The number of rotatable bonds is 3. The van der Waals surface area contributed by atoms with Crippen molar-refractivity contribution in [1.82, 2.24) is 5.32 Å². The van der Waals surface area contributed by atoms with Gasteiger partial charge in [0.05, 0.1) is 5.54 Å². The van der Waals surface area contributed by atoms with Crippen LogP contribution in [0.2, 0.25) is 0 Å². The lowest BCUT2D eigenvalue weighted by atomic mass is 10.1. The molecule has 0 aliphatic heterocycles. The van der Waals surface area contributed by atoms with Gasteiger partial charge in [-0.3, -0.25) is 9.59 Å². The van der Waals surface area contributed by atoms with Crippen molar-refractivity contribution in [2.45, 2.75) is 39.2 Å². The Kier molecular flexibility index (Phi) is 2.22. The molecule has 0 unspecified atom stereocenters. The molecule has 1 fully saturated rings. The minimum atomic E-state index is -0.485. The molecular weight excluding hydrogens is 154 g/mol. The summed E-state index contributed by atoms with van der Waals surface area (Å²) in [4.78, 5) is 22.3. The summed E-state index contributed by atoms with van der Waals surface area (Å²) >= 11 is 0. The van der Waals surface area contributed by atoms with E-state index in [1.807, 2.05) is 13.8 Å². The predicted octanol–water partition coefficient (Wildman–Crippen LogP) is 0.880. The maximum Gasteiger partial charge on any atom is 0.223 e. The van der Waals surface area contributed by atoms with Crippen LogP contribution in [0.3, 0.4) is 0 Å². The third-order valence-electron chi connectivity index (χ3n) is 2.31. The van der Waals surface area contributed by atoms with Crippen LogP contribution in [-0.2, 0) is 9.59 Å². The first-order chi connectivity index (χ1) is 5.48. The molecule has 0 bridgehead atoms. The van der Waals surface area contributed by atoms with E-state index in [0.29, 0.717) is 0 Å². The highest BCUT2D eigenvalue weighted by molar-refractivity contribution is 5.94. The number of nitrogens with one attached hydrogen (secondary N) is 1. The maximum absolute atomic E-state index is 11.2. The second-order valence-electron chi connectivity index (χ2n) is 3.78. The van der Waals surface area contributed by atoms with Crippen molar-refractivity contribution < 1.29 is 9.59 Å². The molecule has 3 nitrogen and oxygen atoms in total. The predicted molar refractivity (Wildman–Crippen MR) is 45.6 cm³/mol. The summed E-state index contributed by atoms with van der Waals surface area (Å²) in [5.74, 6) is 0.0148. The summed E-state index contributed by atoms with van der Waals surface area (Å²) in [6, 6.07) is 0. The first kappa shape index (κ1) is 9.23. The molecule has 1 saturated carbocycles. The second-order valence-corrected chi connectivity index (χ2v) is 3.78. The molecule has 0 spiro atoms. The Morgan fingerprint density at radius 1 is 1.33 bits per heavy atom. The summed E-state index contributed by atoms with van der Waals surface area (Å²) in [6.07, 6.45) is 1.61. The lowest BCUT2D eigenvalue weighted by Gasteiger charge is -2.15. The van der Waals surface area contributed by atoms with E-state index in [1.165, 1.54) is 6.92 Å². The minimum absolute atomic E-state index is 0.0253. The van der Waals surface area contributed by atoms with Crippen molar-refractivity contribution in [3.8, 4) is 0 Å². The lowest BCUT2D eigenvalue weighted by molar-refractivity contribution is -0.129. The van der Waals surface area contributed by atoms with Gasteiger partial charge in [-0.2, -0.15) is 0 Å². The van der Waals surface area contributed by atoms with E-state index in [1.54, 1.807) is 0 Å². The number of carbonyl (C=O) groups excluding carboxylic acids is 2. The monoisotopic (exact) mass is 169 g/mol. The van der Waals surface area contributed by atoms with Crippen molar-refractivity contribution in [2.75, 3.05) is 0 Å². The first-order valence-corrected chi connectivity index (χ1v) is 4.31. The van der Waals surface area contributed by atoms with Gasteiger partial charge in [-0.15, -0.1) is 0 Å². The van der Waals surface area contributed by atoms with Gasteiger partial charge in [0.15, 0.2) is 5.78 Å². The van der Waals surface area contributed by atoms with Crippen LogP contribution in [0.4, 0.5) is 0 Å². The van der Waals surface area contributed by atoms with Crippen LogP contribution in [0.1, 0.15) is 33.6 Å². The molecule has 0 heterocycles. The van der Waals surface area contributed by atoms with Crippen LogP contribution in [0.5, 0.6) is 0 Å². The Morgan fingerprint density at radius 3 is 2.08 bits per heavy atom. The summed E-state index contributed by atoms with van der Waals surface area (Å²) in [5.41, 5.74) is -0.485. The van der Waals surface area contributed by atoms with Crippen LogP contribution in [0.15, 0.2) is 0 Å². The Labute approximate surface area is 72.5 Å². The molecular formula is C9H15NO2. The quantitative estimate of drug-likeness (QED) is 0.681. The highest BCUT2D eigenvalue weighted by atomic mass is 16.2. The molecule has 1 rings (SSSR count). The van der Waals surface area contributed by atoms with E-state index in [9.17, 15) is 9.59 Å². The van der Waals surface area contributed by atoms with Crippen molar-refractivity contribution in [3.63, 3.8) is 0 Å². The largest absolute Gasteiger partial charge is 0.343 e. The highest BCUT2D eigenvalue weighted by Crippen LogP contribution is 2.36.